The van der Waals surface area contributed by atoms with Crippen molar-refractivity contribution in [3.05, 3.63) is 131 Å². The van der Waals surface area contributed by atoms with Crippen LogP contribution in [0.5, 0.6) is 0 Å². The average Bonchev–Trinajstić information content (AvgIpc) is 3.46. The van der Waals surface area contributed by atoms with Crippen molar-refractivity contribution in [2.45, 2.75) is 59.6 Å². The molecule has 2 aliphatic rings. The van der Waals surface area contributed by atoms with Crippen LogP contribution in [0.1, 0.15) is 35.1 Å². The standard InChI is InChI=1S/C39H38Cl3NO7S/c1-2-51-36-33(43-37(44)39(40,41)42)35(47-22-26-15-7-4-8-16-26)34(32(49-36)24-46-21-25-13-5-3-6-14-25)50-38(45)48-23-31-29-19-11-9-17-27(29)28-18-10-12-20-30(28)31/h3-20,31-36H,2,21-24H2,1H3,(H,43,44)/t32-,33-,34-,35-,36+/m1/s1. The van der Waals surface area contributed by atoms with Crippen molar-refractivity contribution < 1.29 is 33.3 Å². The highest BCUT2D eigenvalue weighted by atomic mass is 35.6. The maximum Gasteiger partial charge on any atom is 0.508 e. The third-order valence-corrected chi connectivity index (χ3v) is 10.4. The van der Waals surface area contributed by atoms with Gasteiger partial charge >= 0.3 is 6.16 Å². The second-order valence-electron chi connectivity index (χ2n) is 12.1. The monoisotopic (exact) mass is 769 g/mol. The highest BCUT2D eigenvalue weighted by Gasteiger charge is 2.51. The first-order chi connectivity index (χ1) is 24.7. The Hall–Kier alpha value is -3.28. The van der Waals surface area contributed by atoms with Crippen molar-refractivity contribution in [2.24, 2.45) is 0 Å². The summed E-state index contributed by atoms with van der Waals surface area (Å²) in [5.41, 5.74) is 5.51. The number of rotatable bonds is 13. The number of benzene rings is 4. The minimum atomic E-state index is -2.26. The van der Waals surface area contributed by atoms with E-state index in [9.17, 15) is 9.59 Å². The predicted octanol–water partition coefficient (Wildman–Crippen LogP) is 8.46. The molecular formula is C39H38Cl3NO7S. The Labute approximate surface area is 317 Å². The van der Waals surface area contributed by atoms with Crippen LogP contribution in [-0.4, -0.2) is 64.6 Å². The number of ether oxygens (including phenoxy) is 5. The first kappa shape index (κ1) is 37.5. The molecule has 1 aliphatic heterocycles. The smallest absolute Gasteiger partial charge is 0.433 e. The van der Waals surface area contributed by atoms with Crippen LogP contribution in [0.4, 0.5) is 4.79 Å². The van der Waals surface area contributed by atoms with E-state index in [0.717, 1.165) is 33.4 Å². The van der Waals surface area contributed by atoms with Crippen LogP contribution in [0, 0.1) is 0 Å². The van der Waals surface area contributed by atoms with Gasteiger partial charge in [0, 0.05) is 5.92 Å². The molecule has 8 nitrogen and oxygen atoms in total. The van der Waals surface area contributed by atoms with Crippen molar-refractivity contribution in [3.63, 3.8) is 0 Å². The summed E-state index contributed by atoms with van der Waals surface area (Å²) in [6, 6.07) is 34.5. The third-order valence-electron chi connectivity index (χ3n) is 8.77. The fourth-order valence-corrected chi connectivity index (χ4v) is 7.58. The molecule has 1 aliphatic carbocycles. The Balaban J connectivity index is 1.27. The molecule has 0 saturated carbocycles. The van der Waals surface area contributed by atoms with E-state index in [2.05, 4.69) is 17.4 Å². The van der Waals surface area contributed by atoms with Gasteiger partial charge in [0.15, 0.2) is 6.10 Å². The summed E-state index contributed by atoms with van der Waals surface area (Å²) in [6.45, 7) is 2.49. The first-order valence-corrected chi connectivity index (χ1v) is 18.8. The van der Waals surface area contributed by atoms with E-state index in [1.807, 2.05) is 104 Å². The summed E-state index contributed by atoms with van der Waals surface area (Å²) < 4.78 is 28.9. The Morgan fingerprint density at radius 3 is 1.92 bits per heavy atom. The SMILES string of the molecule is CCS[C@@H]1O[C@H](COCc2ccccc2)[C@@H](OC(=O)OCC2c3ccccc3-c3ccccc32)[C@H](OCc2ccccc2)[C@H]1NC(=O)C(Cl)(Cl)Cl. The minimum absolute atomic E-state index is 0.0485. The molecule has 4 aromatic rings. The van der Waals surface area contributed by atoms with Gasteiger partial charge in [-0.05, 0) is 39.1 Å². The zero-order valence-electron chi connectivity index (χ0n) is 27.8. The van der Waals surface area contributed by atoms with Gasteiger partial charge in [-0.3, -0.25) is 4.79 Å². The number of carbonyl (C=O) groups is 2. The van der Waals surface area contributed by atoms with Crippen LogP contribution in [0.3, 0.4) is 0 Å². The number of nitrogens with one attached hydrogen (secondary N) is 1. The summed E-state index contributed by atoms with van der Waals surface area (Å²) >= 11 is 19.4. The number of carbonyl (C=O) groups excluding carboxylic acids is 2. The van der Waals surface area contributed by atoms with Crippen molar-refractivity contribution in [2.75, 3.05) is 19.0 Å². The van der Waals surface area contributed by atoms with Gasteiger partial charge in [-0.2, -0.15) is 0 Å². The molecule has 0 unspecified atom stereocenters. The van der Waals surface area contributed by atoms with Crippen LogP contribution in [0.25, 0.3) is 11.1 Å². The maximum atomic E-state index is 13.7. The van der Waals surface area contributed by atoms with Crippen LogP contribution in [0.15, 0.2) is 109 Å². The molecule has 0 aromatic heterocycles. The molecule has 1 saturated heterocycles. The molecule has 4 aromatic carbocycles. The number of thioether (sulfide) groups is 1. The highest BCUT2D eigenvalue weighted by Crippen LogP contribution is 2.44. The Morgan fingerprint density at radius 2 is 1.33 bits per heavy atom. The van der Waals surface area contributed by atoms with E-state index in [0.29, 0.717) is 12.4 Å². The molecule has 5 atom stereocenters. The lowest BCUT2D eigenvalue weighted by atomic mass is 9.97. The number of alkyl halides is 3. The van der Waals surface area contributed by atoms with E-state index in [-0.39, 0.29) is 25.7 Å². The molecule has 0 spiro atoms. The topological polar surface area (TPSA) is 92.3 Å². The van der Waals surface area contributed by atoms with Gasteiger partial charge in [0.1, 0.15) is 24.3 Å². The third kappa shape index (κ3) is 9.40. The number of hydrogen-bond donors (Lipinski definition) is 1. The van der Waals surface area contributed by atoms with Gasteiger partial charge in [0.05, 0.1) is 25.9 Å². The zero-order valence-corrected chi connectivity index (χ0v) is 30.9. The van der Waals surface area contributed by atoms with Crippen molar-refractivity contribution in [1.29, 1.82) is 0 Å². The van der Waals surface area contributed by atoms with E-state index < -0.39 is 45.6 Å². The van der Waals surface area contributed by atoms with E-state index in [1.54, 1.807) is 0 Å². The Bertz CT molecular complexity index is 1720. The van der Waals surface area contributed by atoms with E-state index in [1.165, 1.54) is 11.8 Å². The molecule has 6 rings (SSSR count). The number of amides is 1. The largest absolute Gasteiger partial charge is 0.508 e. The Kier molecular flexibility index (Phi) is 12.9. The fraction of sp³-hybridized carbons (Fsp3) is 0.333. The van der Waals surface area contributed by atoms with Crippen molar-refractivity contribution in [1.82, 2.24) is 5.32 Å². The van der Waals surface area contributed by atoms with Crippen LogP contribution < -0.4 is 5.32 Å². The summed E-state index contributed by atoms with van der Waals surface area (Å²) in [4.78, 5) is 26.8. The summed E-state index contributed by atoms with van der Waals surface area (Å²) in [5.74, 6) is -0.412. The van der Waals surface area contributed by atoms with Crippen molar-refractivity contribution in [3.8, 4) is 11.1 Å². The molecule has 12 heteroatoms. The van der Waals surface area contributed by atoms with Gasteiger partial charge in [-0.15, -0.1) is 11.8 Å². The number of hydrogen-bond acceptors (Lipinski definition) is 8. The summed E-state index contributed by atoms with van der Waals surface area (Å²) in [6.07, 6.45) is -3.76. The molecule has 51 heavy (non-hydrogen) atoms. The van der Waals surface area contributed by atoms with Crippen LogP contribution >= 0.6 is 46.6 Å². The van der Waals surface area contributed by atoms with Crippen molar-refractivity contribution >= 4 is 58.6 Å². The molecule has 1 N–H and O–H groups in total. The quantitative estimate of drug-likeness (QED) is 0.107. The minimum Gasteiger partial charge on any atom is -0.433 e. The maximum absolute atomic E-state index is 13.7. The lowest BCUT2D eigenvalue weighted by Crippen LogP contribution is -2.66. The summed E-state index contributed by atoms with van der Waals surface area (Å²) in [5, 5.41) is 2.81. The lowest BCUT2D eigenvalue weighted by molar-refractivity contribution is -0.201. The van der Waals surface area contributed by atoms with Gasteiger partial charge in [0.25, 0.3) is 9.70 Å². The predicted molar refractivity (Wildman–Crippen MR) is 200 cm³/mol. The lowest BCUT2D eigenvalue weighted by Gasteiger charge is -2.46. The Morgan fingerprint density at radius 1 is 0.765 bits per heavy atom. The van der Waals surface area contributed by atoms with E-state index in [4.69, 9.17) is 58.5 Å². The average molecular weight is 771 g/mol. The molecule has 1 fully saturated rings. The number of halogens is 3. The molecule has 1 heterocycles. The molecular weight excluding hydrogens is 733 g/mol. The fourth-order valence-electron chi connectivity index (χ4n) is 6.44. The molecule has 0 radical (unpaired) electrons. The second-order valence-corrected chi connectivity index (χ2v) is 15.8. The highest BCUT2D eigenvalue weighted by molar-refractivity contribution is 7.99. The second kappa shape index (κ2) is 17.5. The van der Waals surface area contributed by atoms with Crippen LogP contribution in [-0.2, 0) is 41.7 Å². The zero-order chi connectivity index (χ0) is 35.8. The van der Waals surface area contributed by atoms with Gasteiger partial charge < -0.3 is 29.0 Å². The van der Waals surface area contributed by atoms with Gasteiger partial charge in [-0.25, -0.2) is 4.79 Å². The normalized spacial score (nSPS) is 21.4. The van der Waals surface area contributed by atoms with Crippen LogP contribution in [0.2, 0.25) is 0 Å². The molecule has 268 valence electrons. The van der Waals surface area contributed by atoms with Gasteiger partial charge in [0.2, 0.25) is 0 Å². The number of fused-ring (bicyclic) bond motifs is 3. The van der Waals surface area contributed by atoms with E-state index >= 15 is 0 Å². The summed E-state index contributed by atoms with van der Waals surface area (Å²) in [7, 11) is 0. The first-order valence-electron chi connectivity index (χ1n) is 16.7. The molecule has 0 bridgehead atoms. The molecule has 1 amide bonds. The van der Waals surface area contributed by atoms with Gasteiger partial charge in [-0.1, -0.05) is 151 Å².